The second-order valence-corrected chi connectivity index (χ2v) is 4.58. The number of hydrogen-bond acceptors (Lipinski definition) is 5. The maximum absolute atomic E-state index is 11.7. The van der Waals surface area contributed by atoms with Crippen molar-refractivity contribution < 1.29 is 9.59 Å². The van der Waals surface area contributed by atoms with E-state index < -0.39 is 11.8 Å². The van der Waals surface area contributed by atoms with E-state index in [-0.39, 0.29) is 24.6 Å². The number of nitrogens with zero attached hydrogens (tertiary/aromatic N) is 2. The molecule has 5 nitrogen and oxygen atoms in total. The number of carbonyl (C=O) groups excluding carboxylic acids is 2. The quantitative estimate of drug-likeness (QED) is 0.525. The molecule has 2 amide bonds. The van der Waals surface area contributed by atoms with Gasteiger partial charge < -0.3 is 0 Å². The highest BCUT2D eigenvalue weighted by Gasteiger charge is 2.25. The third kappa shape index (κ3) is 3.14. The number of hydrogen-bond donors (Lipinski definition) is 1. The molecule has 18 heavy (non-hydrogen) atoms. The van der Waals surface area contributed by atoms with Gasteiger partial charge >= 0.3 is 0 Å². The summed E-state index contributed by atoms with van der Waals surface area (Å²) in [6.07, 6.45) is 0.337. The Morgan fingerprint density at radius 3 is 2.33 bits per heavy atom. The Morgan fingerprint density at radius 1 is 1.39 bits per heavy atom. The fourth-order valence-electron chi connectivity index (χ4n) is 1.28. The highest BCUT2D eigenvalue weighted by atomic mass is 35.5. The molecule has 7 heteroatoms. The molecular weight excluding hydrogens is 274 g/mol. The van der Waals surface area contributed by atoms with Gasteiger partial charge in [0, 0.05) is 18.2 Å². The predicted molar refractivity (Wildman–Crippen MR) is 70.9 cm³/mol. The Kier molecular flexibility index (Phi) is 5.43. The largest absolute Gasteiger partial charge is 0.281 e. The van der Waals surface area contributed by atoms with E-state index in [9.17, 15) is 9.59 Å². The first-order chi connectivity index (χ1) is 8.54. The summed E-state index contributed by atoms with van der Waals surface area (Å²) in [6.45, 7) is 3.30. The van der Waals surface area contributed by atoms with Crippen molar-refractivity contribution in [3.8, 4) is 0 Å². The molecule has 1 heterocycles. The number of nitrogens with one attached hydrogen (secondary N) is 1. The van der Waals surface area contributed by atoms with Crippen LogP contribution in [0.4, 0.5) is 0 Å². The Morgan fingerprint density at radius 2 is 1.94 bits per heavy atom. The molecule has 1 aromatic heterocycles. The van der Waals surface area contributed by atoms with Gasteiger partial charge in [0.05, 0.1) is 11.6 Å². The maximum atomic E-state index is 11.7. The lowest BCUT2D eigenvalue weighted by atomic mass is 10.3. The zero-order chi connectivity index (χ0) is 13.7. The van der Waals surface area contributed by atoms with Gasteiger partial charge in [0.1, 0.15) is 0 Å². The fourth-order valence-corrected chi connectivity index (χ4v) is 2.26. The molecule has 0 aromatic carbocycles. The molecule has 98 valence electrons. The van der Waals surface area contributed by atoms with E-state index in [1.54, 1.807) is 19.2 Å². The average molecular weight is 288 g/mol. The van der Waals surface area contributed by atoms with E-state index in [2.05, 4.69) is 4.98 Å². The smallest absolute Gasteiger partial charge is 0.234 e. The van der Waals surface area contributed by atoms with Crippen molar-refractivity contribution in [3.05, 3.63) is 16.1 Å². The molecule has 1 aromatic rings. The topological polar surface area (TPSA) is 74.1 Å². The van der Waals surface area contributed by atoms with Crippen LogP contribution in [0, 0.1) is 5.41 Å². The number of thiazole rings is 1. The molecule has 0 radical (unpaired) electrons. The van der Waals surface area contributed by atoms with Gasteiger partial charge in [-0.3, -0.25) is 15.0 Å². The first-order valence-corrected chi connectivity index (χ1v) is 6.91. The Hall–Kier alpha value is -1.27. The van der Waals surface area contributed by atoms with Crippen LogP contribution >= 0.6 is 22.9 Å². The van der Waals surface area contributed by atoms with Crippen LogP contribution in [0.15, 0.2) is 5.38 Å². The first-order valence-electron chi connectivity index (χ1n) is 5.50. The van der Waals surface area contributed by atoms with Crippen LogP contribution in [0.3, 0.4) is 0 Å². The van der Waals surface area contributed by atoms with Crippen LogP contribution in [0.2, 0.25) is 0 Å². The summed E-state index contributed by atoms with van der Waals surface area (Å²) in [5, 5.41) is 9.97. The van der Waals surface area contributed by atoms with Crippen molar-refractivity contribution in [2.24, 2.45) is 0 Å². The van der Waals surface area contributed by atoms with Crippen molar-refractivity contribution in [1.29, 1.82) is 5.41 Å². The van der Waals surface area contributed by atoms with Gasteiger partial charge in [-0.25, -0.2) is 9.88 Å². The number of amides is 2. The Labute approximate surface area is 114 Å². The van der Waals surface area contributed by atoms with E-state index in [0.29, 0.717) is 10.7 Å². The normalized spacial score (nSPS) is 10.2. The monoisotopic (exact) mass is 287 g/mol. The molecule has 0 saturated heterocycles. The molecule has 0 aliphatic rings. The van der Waals surface area contributed by atoms with E-state index in [1.807, 2.05) is 0 Å². The minimum atomic E-state index is -0.394. The number of rotatable bonds is 4. The summed E-state index contributed by atoms with van der Waals surface area (Å²) in [5.74, 6) is -0.716. The second-order valence-electron chi connectivity index (χ2n) is 3.46. The van der Waals surface area contributed by atoms with Gasteiger partial charge in [0.25, 0.3) is 0 Å². The lowest BCUT2D eigenvalue weighted by molar-refractivity contribution is -0.139. The van der Waals surface area contributed by atoms with Crippen LogP contribution < -0.4 is 0 Å². The van der Waals surface area contributed by atoms with Gasteiger partial charge in [-0.2, -0.15) is 0 Å². The van der Waals surface area contributed by atoms with E-state index in [4.69, 9.17) is 17.0 Å². The maximum Gasteiger partial charge on any atom is 0.234 e. The minimum absolute atomic E-state index is 0.169. The highest BCUT2D eigenvalue weighted by Crippen LogP contribution is 2.15. The predicted octanol–water partition coefficient (Wildman–Crippen LogP) is 2.38. The number of alkyl halides is 1. The minimum Gasteiger partial charge on any atom is -0.281 e. The van der Waals surface area contributed by atoms with Crippen LogP contribution in [0.25, 0.3) is 0 Å². The summed E-state index contributed by atoms with van der Waals surface area (Å²) >= 11 is 6.83. The molecule has 0 aliphatic carbocycles. The zero-order valence-electron chi connectivity index (χ0n) is 10.2. The number of imide groups is 1. The Bertz CT molecular complexity index is 457. The van der Waals surface area contributed by atoms with Crippen LogP contribution in [-0.2, 0) is 15.5 Å². The summed E-state index contributed by atoms with van der Waals surface area (Å²) in [6, 6.07) is 0. The van der Waals surface area contributed by atoms with Crippen molar-refractivity contribution >= 4 is 40.6 Å². The van der Waals surface area contributed by atoms with Gasteiger partial charge in [-0.1, -0.05) is 13.8 Å². The molecule has 1 rings (SSSR count). The summed E-state index contributed by atoms with van der Waals surface area (Å²) in [7, 11) is 0. The number of aromatic nitrogens is 1. The van der Waals surface area contributed by atoms with Crippen molar-refractivity contribution in [1.82, 2.24) is 9.88 Å². The van der Waals surface area contributed by atoms with Crippen LogP contribution in [0.5, 0.6) is 0 Å². The van der Waals surface area contributed by atoms with E-state index in [1.165, 1.54) is 11.3 Å². The Balaban J connectivity index is 3.02. The van der Waals surface area contributed by atoms with Crippen LogP contribution in [0.1, 0.15) is 37.4 Å². The number of halogens is 1. The highest BCUT2D eigenvalue weighted by molar-refractivity contribution is 7.11. The molecule has 0 atom stereocenters. The molecule has 0 spiro atoms. The average Bonchev–Trinajstić information content (AvgIpc) is 2.86. The lowest BCUT2D eigenvalue weighted by Crippen LogP contribution is -2.41. The van der Waals surface area contributed by atoms with Gasteiger partial charge in [0.2, 0.25) is 11.8 Å². The standard InChI is InChI=1S/C11H14ClN3O2S/c1-3-8(16)15(9(17)4-2)10(13)11-14-7(5-12)6-18-11/h6,13H,3-5H2,1-2H3. The SMILES string of the molecule is CCC(=O)N(C(=N)c1nc(CCl)cs1)C(=O)CC. The van der Waals surface area contributed by atoms with Gasteiger partial charge in [0.15, 0.2) is 10.8 Å². The van der Waals surface area contributed by atoms with Crippen molar-refractivity contribution in [3.63, 3.8) is 0 Å². The summed E-state index contributed by atoms with van der Waals surface area (Å²) in [4.78, 5) is 28.4. The van der Waals surface area contributed by atoms with Gasteiger partial charge in [-0.05, 0) is 0 Å². The number of amidine groups is 1. The summed E-state index contributed by atoms with van der Waals surface area (Å²) < 4.78 is 0. The molecule has 0 aliphatic heterocycles. The summed E-state index contributed by atoms with van der Waals surface area (Å²) in [5.41, 5.74) is 0.634. The second kappa shape index (κ2) is 6.61. The molecule has 0 saturated carbocycles. The number of carbonyl (C=O) groups is 2. The first kappa shape index (κ1) is 14.8. The third-order valence-corrected chi connectivity index (χ3v) is 3.39. The molecule has 0 fully saturated rings. The van der Waals surface area contributed by atoms with E-state index in [0.717, 1.165) is 4.90 Å². The van der Waals surface area contributed by atoms with E-state index >= 15 is 0 Å². The molecule has 1 N–H and O–H groups in total. The third-order valence-electron chi connectivity index (χ3n) is 2.22. The zero-order valence-corrected chi connectivity index (χ0v) is 11.8. The molecular formula is C11H14ClN3O2S. The van der Waals surface area contributed by atoms with Crippen LogP contribution in [-0.4, -0.2) is 27.5 Å². The molecule has 0 unspecified atom stereocenters. The molecule has 0 bridgehead atoms. The van der Waals surface area contributed by atoms with Gasteiger partial charge in [-0.15, -0.1) is 22.9 Å². The van der Waals surface area contributed by atoms with Crippen molar-refractivity contribution in [2.45, 2.75) is 32.6 Å². The fraction of sp³-hybridized carbons (Fsp3) is 0.455. The van der Waals surface area contributed by atoms with Crippen molar-refractivity contribution in [2.75, 3.05) is 0 Å². The lowest BCUT2D eigenvalue weighted by Gasteiger charge is -2.18.